The molecule has 2 aliphatic rings. The van der Waals surface area contributed by atoms with Crippen LogP contribution in [0.1, 0.15) is 17.2 Å². The molecule has 1 amide bonds. The number of hydrogen-bond acceptors (Lipinski definition) is 3. The van der Waals surface area contributed by atoms with Crippen molar-refractivity contribution in [1.29, 1.82) is 0 Å². The predicted molar refractivity (Wildman–Crippen MR) is 91.2 cm³/mol. The Morgan fingerprint density at radius 2 is 1.71 bits per heavy atom. The normalized spacial score (nSPS) is 22.7. The number of nitrogens with zero attached hydrogens (tertiary/aromatic N) is 2. The summed E-state index contributed by atoms with van der Waals surface area (Å²) in [5.74, 6) is -0.302. The van der Waals surface area contributed by atoms with E-state index in [0.717, 1.165) is 11.1 Å². The van der Waals surface area contributed by atoms with E-state index in [4.69, 9.17) is 0 Å². The Bertz CT molecular complexity index is 922. The Hall–Kier alpha value is -2.34. The van der Waals surface area contributed by atoms with Gasteiger partial charge in [0.1, 0.15) is 0 Å². The molecule has 2 aliphatic heterocycles. The van der Waals surface area contributed by atoms with E-state index < -0.39 is 10.0 Å². The van der Waals surface area contributed by atoms with E-state index in [1.165, 1.54) is 4.31 Å². The summed E-state index contributed by atoms with van der Waals surface area (Å²) in [5.41, 5.74) is 2.56. The highest BCUT2D eigenvalue weighted by Gasteiger charge is 2.52. The van der Waals surface area contributed by atoms with Crippen molar-refractivity contribution in [2.75, 3.05) is 17.9 Å². The lowest BCUT2D eigenvalue weighted by atomic mass is 9.79. The number of benzene rings is 2. The van der Waals surface area contributed by atoms with Crippen LogP contribution < -0.4 is 4.31 Å². The number of likely N-dealkylation sites (tertiary alicyclic amines) is 1. The summed E-state index contributed by atoms with van der Waals surface area (Å²) in [6, 6.07) is 14.2. The zero-order valence-electron chi connectivity index (χ0n) is 13.5. The topological polar surface area (TPSA) is 57.7 Å². The summed E-state index contributed by atoms with van der Waals surface area (Å²) in [4.78, 5) is 14.1. The number of hydrogen-bond donors (Lipinski definition) is 0. The average Bonchev–Trinajstić information content (AvgIpc) is 2.59. The average molecular weight is 342 g/mol. The van der Waals surface area contributed by atoms with Crippen LogP contribution in [-0.4, -0.2) is 32.8 Å². The summed E-state index contributed by atoms with van der Waals surface area (Å²) in [5, 5.41) is 0. The molecule has 1 fully saturated rings. The van der Waals surface area contributed by atoms with Gasteiger partial charge in [-0.05, 0) is 30.7 Å². The number of fused-ring (bicyclic) bond motifs is 3. The van der Waals surface area contributed by atoms with Crippen molar-refractivity contribution in [3.8, 4) is 0 Å². The molecule has 2 aromatic carbocycles. The van der Waals surface area contributed by atoms with Gasteiger partial charge in [-0.3, -0.25) is 9.10 Å². The van der Waals surface area contributed by atoms with Gasteiger partial charge in [-0.2, -0.15) is 0 Å². The smallest absolute Gasteiger partial charge is 0.264 e. The molecule has 0 saturated carbocycles. The molecule has 0 N–H and O–H groups in total. The molecule has 1 saturated heterocycles. The zero-order valence-corrected chi connectivity index (χ0v) is 14.3. The number of amides is 1. The minimum atomic E-state index is -3.69. The molecule has 0 aliphatic carbocycles. The highest BCUT2D eigenvalue weighted by molar-refractivity contribution is 7.92. The maximum Gasteiger partial charge on any atom is 0.264 e. The fourth-order valence-electron chi connectivity index (χ4n) is 3.63. The highest BCUT2D eigenvalue weighted by atomic mass is 32.2. The number of aryl methyl sites for hydroxylation is 1. The van der Waals surface area contributed by atoms with Crippen LogP contribution >= 0.6 is 0 Å². The fourth-order valence-corrected chi connectivity index (χ4v) is 5.15. The van der Waals surface area contributed by atoms with Gasteiger partial charge < -0.3 is 4.90 Å². The number of rotatable bonds is 2. The van der Waals surface area contributed by atoms with Crippen LogP contribution in [0.25, 0.3) is 0 Å². The van der Waals surface area contributed by atoms with Gasteiger partial charge in [-0.1, -0.05) is 35.9 Å². The number of carbonyl (C=O) groups is 1. The minimum Gasteiger partial charge on any atom is -0.337 e. The maximum atomic E-state index is 13.1. The van der Waals surface area contributed by atoms with Crippen molar-refractivity contribution in [2.24, 2.45) is 5.92 Å². The molecular weight excluding hydrogens is 324 g/mol. The predicted octanol–water partition coefficient (Wildman–Crippen LogP) is 2.33. The first-order chi connectivity index (χ1) is 11.4. The van der Waals surface area contributed by atoms with E-state index in [0.29, 0.717) is 5.69 Å². The molecule has 2 heterocycles. The molecule has 0 radical (unpaired) electrons. The summed E-state index contributed by atoms with van der Waals surface area (Å²) in [6.07, 6.45) is 0. The largest absolute Gasteiger partial charge is 0.337 e. The molecule has 0 spiro atoms. The summed E-state index contributed by atoms with van der Waals surface area (Å²) < 4.78 is 27.6. The lowest BCUT2D eigenvalue weighted by Crippen LogP contribution is -2.60. The second kappa shape index (κ2) is 5.08. The molecular formula is C18H18N2O3S. The quantitative estimate of drug-likeness (QED) is 0.787. The number of carbonyl (C=O) groups excluding carboxylic acids is 1. The van der Waals surface area contributed by atoms with Gasteiger partial charge in [0, 0.05) is 13.6 Å². The molecule has 6 heteroatoms. The van der Waals surface area contributed by atoms with Crippen molar-refractivity contribution in [3.05, 3.63) is 59.7 Å². The summed E-state index contributed by atoms with van der Waals surface area (Å²) in [7, 11) is -1.92. The highest BCUT2D eigenvalue weighted by Crippen LogP contribution is 2.48. The molecule has 2 atom stereocenters. The third-order valence-corrected chi connectivity index (χ3v) is 6.75. The van der Waals surface area contributed by atoms with Crippen LogP contribution in [0.2, 0.25) is 0 Å². The van der Waals surface area contributed by atoms with Crippen LogP contribution in [0.5, 0.6) is 0 Å². The van der Waals surface area contributed by atoms with E-state index in [9.17, 15) is 13.2 Å². The van der Waals surface area contributed by atoms with Gasteiger partial charge in [-0.25, -0.2) is 8.42 Å². The molecule has 0 bridgehead atoms. The van der Waals surface area contributed by atoms with Crippen molar-refractivity contribution >= 4 is 21.6 Å². The first-order valence-electron chi connectivity index (χ1n) is 7.86. The standard InChI is InChI=1S/C18H18N2O3S/c1-12-7-9-13(10-8-12)24(22,23)20-11-15-17(19(2)18(15)21)14-5-3-4-6-16(14)20/h3-10,15,17H,11H2,1-2H3/t15-,17+/m1/s1. The van der Waals surface area contributed by atoms with E-state index in [2.05, 4.69) is 0 Å². The first kappa shape index (κ1) is 15.2. The van der Waals surface area contributed by atoms with E-state index in [1.54, 1.807) is 36.2 Å². The van der Waals surface area contributed by atoms with Gasteiger partial charge in [0.25, 0.3) is 10.0 Å². The number of anilines is 1. The van der Waals surface area contributed by atoms with Crippen molar-refractivity contribution < 1.29 is 13.2 Å². The molecule has 2 aromatic rings. The van der Waals surface area contributed by atoms with Gasteiger partial charge in [0.15, 0.2) is 0 Å². The van der Waals surface area contributed by atoms with Crippen LogP contribution in [0.3, 0.4) is 0 Å². The van der Waals surface area contributed by atoms with Crippen LogP contribution in [0.15, 0.2) is 53.4 Å². The number of para-hydroxylation sites is 1. The Kier molecular flexibility index (Phi) is 3.22. The second-order valence-electron chi connectivity index (χ2n) is 6.41. The SMILES string of the molecule is Cc1ccc(S(=O)(=O)N2C[C@H]3C(=O)N(C)[C@H]3c3ccccc32)cc1. The van der Waals surface area contributed by atoms with E-state index in [-0.39, 0.29) is 29.3 Å². The Morgan fingerprint density at radius 3 is 2.42 bits per heavy atom. The molecule has 0 aromatic heterocycles. The van der Waals surface area contributed by atoms with Crippen LogP contribution in [0.4, 0.5) is 5.69 Å². The van der Waals surface area contributed by atoms with Crippen LogP contribution in [-0.2, 0) is 14.8 Å². The van der Waals surface area contributed by atoms with Crippen molar-refractivity contribution in [3.63, 3.8) is 0 Å². The number of sulfonamides is 1. The summed E-state index contributed by atoms with van der Waals surface area (Å²) in [6.45, 7) is 2.11. The third-order valence-electron chi connectivity index (χ3n) is 4.96. The number of β-lactam (4-membered cyclic amide) rings is 1. The zero-order chi connectivity index (χ0) is 17.1. The molecule has 0 unspecified atom stereocenters. The van der Waals surface area contributed by atoms with Crippen molar-refractivity contribution in [2.45, 2.75) is 17.9 Å². The molecule has 4 rings (SSSR count). The first-order valence-corrected chi connectivity index (χ1v) is 9.30. The maximum absolute atomic E-state index is 13.1. The van der Waals surface area contributed by atoms with E-state index in [1.807, 2.05) is 31.2 Å². The van der Waals surface area contributed by atoms with E-state index >= 15 is 0 Å². The van der Waals surface area contributed by atoms with Crippen molar-refractivity contribution in [1.82, 2.24) is 4.90 Å². The third kappa shape index (κ3) is 1.99. The Balaban J connectivity index is 1.83. The second-order valence-corrected chi connectivity index (χ2v) is 8.27. The molecule has 24 heavy (non-hydrogen) atoms. The summed E-state index contributed by atoms with van der Waals surface area (Å²) >= 11 is 0. The lowest BCUT2D eigenvalue weighted by Gasteiger charge is -2.51. The Labute approximate surface area is 141 Å². The molecule has 124 valence electrons. The van der Waals surface area contributed by atoms with Gasteiger partial charge in [0.2, 0.25) is 5.91 Å². The molecule has 5 nitrogen and oxygen atoms in total. The van der Waals surface area contributed by atoms with Crippen LogP contribution in [0, 0.1) is 12.8 Å². The van der Waals surface area contributed by atoms with Gasteiger partial charge in [0.05, 0.1) is 22.5 Å². The fraction of sp³-hybridized carbons (Fsp3) is 0.278. The lowest BCUT2D eigenvalue weighted by molar-refractivity contribution is -0.153. The van der Waals surface area contributed by atoms with Gasteiger partial charge >= 0.3 is 0 Å². The Morgan fingerprint density at radius 1 is 1.04 bits per heavy atom. The monoisotopic (exact) mass is 342 g/mol. The minimum absolute atomic E-state index is 0.00129. The van der Waals surface area contributed by atoms with Gasteiger partial charge in [-0.15, -0.1) is 0 Å².